The summed E-state index contributed by atoms with van der Waals surface area (Å²) in [5.41, 5.74) is -0.0792. The number of benzene rings is 1. The van der Waals surface area contributed by atoms with Crippen LogP contribution in [0, 0.1) is 0 Å². The summed E-state index contributed by atoms with van der Waals surface area (Å²) in [6, 6.07) is 5.68. The average Bonchev–Trinajstić information content (AvgIpc) is 2.52. The molecule has 0 bridgehead atoms. The van der Waals surface area contributed by atoms with Gasteiger partial charge in [-0.05, 0) is 45.0 Å². The van der Waals surface area contributed by atoms with E-state index >= 15 is 0 Å². The SMILES string of the molecule is CCN(CC)S(=O)(=O)c1ccc(C(=O)NCC(=O)NC(C)(C)C)cc1. The molecular weight excluding hydrogens is 342 g/mol. The molecule has 140 valence electrons. The van der Waals surface area contributed by atoms with Gasteiger partial charge in [-0.3, -0.25) is 9.59 Å². The van der Waals surface area contributed by atoms with Gasteiger partial charge in [0.1, 0.15) is 0 Å². The molecular formula is C17H27N3O4S. The quantitative estimate of drug-likeness (QED) is 0.759. The van der Waals surface area contributed by atoms with Gasteiger partial charge in [0.15, 0.2) is 0 Å². The van der Waals surface area contributed by atoms with E-state index in [0.29, 0.717) is 18.7 Å². The summed E-state index contributed by atoms with van der Waals surface area (Å²) in [6.45, 7) is 9.70. The second kappa shape index (κ2) is 8.44. The molecule has 0 aliphatic carbocycles. The van der Waals surface area contributed by atoms with Gasteiger partial charge < -0.3 is 10.6 Å². The number of carbonyl (C=O) groups is 2. The van der Waals surface area contributed by atoms with Crippen LogP contribution < -0.4 is 10.6 Å². The third-order valence-corrected chi connectivity index (χ3v) is 5.45. The van der Waals surface area contributed by atoms with E-state index in [4.69, 9.17) is 0 Å². The first-order chi connectivity index (χ1) is 11.5. The minimum absolute atomic E-state index is 0.137. The molecule has 7 nitrogen and oxygen atoms in total. The minimum atomic E-state index is -3.55. The Kier molecular flexibility index (Phi) is 7.13. The standard InChI is InChI=1S/C17H27N3O4S/c1-6-20(7-2)25(23,24)14-10-8-13(9-11-14)16(22)18-12-15(21)19-17(3,4)5/h8-11H,6-7,12H2,1-5H3,(H,18,22)(H,19,21). The maximum Gasteiger partial charge on any atom is 0.251 e. The van der Waals surface area contributed by atoms with Gasteiger partial charge in [-0.15, -0.1) is 0 Å². The highest BCUT2D eigenvalue weighted by Crippen LogP contribution is 2.16. The van der Waals surface area contributed by atoms with Crippen molar-refractivity contribution in [2.75, 3.05) is 19.6 Å². The summed E-state index contributed by atoms with van der Waals surface area (Å²) in [6.07, 6.45) is 0. The number of hydrogen-bond acceptors (Lipinski definition) is 4. The second-order valence-electron chi connectivity index (χ2n) is 6.59. The molecule has 0 unspecified atom stereocenters. The van der Waals surface area contributed by atoms with Crippen molar-refractivity contribution in [2.24, 2.45) is 0 Å². The van der Waals surface area contributed by atoms with Crippen molar-refractivity contribution < 1.29 is 18.0 Å². The van der Waals surface area contributed by atoms with Crippen LogP contribution in [0.25, 0.3) is 0 Å². The molecule has 1 rings (SSSR count). The predicted molar refractivity (Wildman–Crippen MR) is 96.8 cm³/mol. The van der Waals surface area contributed by atoms with Crippen molar-refractivity contribution >= 4 is 21.8 Å². The topological polar surface area (TPSA) is 95.6 Å². The number of amides is 2. The lowest BCUT2D eigenvalue weighted by Crippen LogP contribution is -2.45. The zero-order valence-electron chi connectivity index (χ0n) is 15.4. The zero-order chi connectivity index (χ0) is 19.3. The smallest absolute Gasteiger partial charge is 0.251 e. The number of carbonyl (C=O) groups excluding carboxylic acids is 2. The maximum absolute atomic E-state index is 12.4. The van der Waals surface area contributed by atoms with Crippen LogP contribution in [-0.2, 0) is 14.8 Å². The first-order valence-corrected chi connectivity index (χ1v) is 9.64. The number of nitrogens with one attached hydrogen (secondary N) is 2. The minimum Gasteiger partial charge on any atom is -0.350 e. The van der Waals surface area contributed by atoms with Crippen molar-refractivity contribution in [3.63, 3.8) is 0 Å². The molecule has 25 heavy (non-hydrogen) atoms. The van der Waals surface area contributed by atoms with Gasteiger partial charge in [0.2, 0.25) is 15.9 Å². The highest BCUT2D eigenvalue weighted by atomic mass is 32.2. The lowest BCUT2D eigenvalue weighted by molar-refractivity contribution is -0.121. The van der Waals surface area contributed by atoms with Crippen LogP contribution in [0.2, 0.25) is 0 Å². The summed E-state index contributed by atoms with van der Waals surface area (Å²) >= 11 is 0. The molecule has 1 aromatic rings. The number of sulfonamides is 1. The first-order valence-electron chi connectivity index (χ1n) is 8.20. The van der Waals surface area contributed by atoms with Crippen LogP contribution in [0.5, 0.6) is 0 Å². The predicted octanol–water partition coefficient (Wildman–Crippen LogP) is 1.36. The molecule has 0 atom stereocenters. The van der Waals surface area contributed by atoms with Crippen LogP contribution >= 0.6 is 0 Å². The van der Waals surface area contributed by atoms with Crippen molar-refractivity contribution in [1.29, 1.82) is 0 Å². The van der Waals surface area contributed by atoms with Crippen molar-refractivity contribution in [3.05, 3.63) is 29.8 Å². The van der Waals surface area contributed by atoms with E-state index in [1.165, 1.54) is 28.6 Å². The number of hydrogen-bond donors (Lipinski definition) is 2. The maximum atomic E-state index is 12.4. The molecule has 0 aliphatic rings. The Balaban J connectivity index is 2.76. The fourth-order valence-electron chi connectivity index (χ4n) is 2.22. The number of nitrogens with zero attached hydrogens (tertiary/aromatic N) is 1. The van der Waals surface area contributed by atoms with Crippen LogP contribution in [0.4, 0.5) is 0 Å². The van der Waals surface area contributed by atoms with Gasteiger partial charge >= 0.3 is 0 Å². The van der Waals surface area contributed by atoms with Crippen molar-refractivity contribution in [2.45, 2.75) is 45.1 Å². The van der Waals surface area contributed by atoms with Crippen LogP contribution in [-0.4, -0.2) is 49.7 Å². The van der Waals surface area contributed by atoms with Crippen LogP contribution in [0.3, 0.4) is 0 Å². The molecule has 1 aromatic carbocycles. The zero-order valence-corrected chi connectivity index (χ0v) is 16.2. The Morgan fingerprint density at radius 3 is 2.00 bits per heavy atom. The molecule has 2 amide bonds. The Hall–Kier alpha value is -1.93. The van der Waals surface area contributed by atoms with Gasteiger partial charge in [-0.25, -0.2) is 8.42 Å². The first kappa shape index (κ1) is 21.1. The Morgan fingerprint density at radius 2 is 1.56 bits per heavy atom. The summed E-state index contributed by atoms with van der Waals surface area (Å²) < 4.78 is 26.1. The Morgan fingerprint density at radius 1 is 1.04 bits per heavy atom. The molecule has 0 aromatic heterocycles. The summed E-state index contributed by atoms with van der Waals surface area (Å²) in [5.74, 6) is -0.725. The molecule has 0 saturated carbocycles. The normalized spacial score (nSPS) is 12.1. The highest BCUT2D eigenvalue weighted by molar-refractivity contribution is 7.89. The largest absolute Gasteiger partial charge is 0.350 e. The lowest BCUT2D eigenvalue weighted by atomic mass is 10.1. The van der Waals surface area contributed by atoms with E-state index in [-0.39, 0.29) is 22.9 Å². The molecule has 8 heteroatoms. The molecule has 0 radical (unpaired) electrons. The fraction of sp³-hybridized carbons (Fsp3) is 0.529. The number of rotatable bonds is 7. The average molecular weight is 369 g/mol. The van der Waals surface area contributed by atoms with E-state index in [2.05, 4.69) is 10.6 Å². The molecule has 0 spiro atoms. The third-order valence-electron chi connectivity index (χ3n) is 3.38. The molecule has 0 fully saturated rings. The van der Waals surface area contributed by atoms with Gasteiger partial charge in [-0.1, -0.05) is 13.8 Å². The monoisotopic (exact) mass is 369 g/mol. The lowest BCUT2D eigenvalue weighted by Gasteiger charge is -2.20. The van der Waals surface area contributed by atoms with Gasteiger partial charge in [0.25, 0.3) is 5.91 Å². The fourth-order valence-corrected chi connectivity index (χ4v) is 3.67. The highest BCUT2D eigenvalue weighted by Gasteiger charge is 2.21. The van der Waals surface area contributed by atoms with E-state index in [1.54, 1.807) is 13.8 Å². The van der Waals surface area contributed by atoms with E-state index in [0.717, 1.165) is 0 Å². The Labute approximate surface area is 149 Å². The van der Waals surface area contributed by atoms with Crippen LogP contribution in [0.1, 0.15) is 45.0 Å². The van der Waals surface area contributed by atoms with E-state index in [9.17, 15) is 18.0 Å². The van der Waals surface area contributed by atoms with Gasteiger partial charge in [0.05, 0.1) is 11.4 Å². The second-order valence-corrected chi connectivity index (χ2v) is 8.53. The molecule has 0 aliphatic heterocycles. The summed E-state index contributed by atoms with van der Waals surface area (Å²) in [7, 11) is -3.55. The Bertz CT molecular complexity index is 702. The molecule has 0 heterocycles. The summed E-state index contributed by atoms with van der Waals surface area (Å²) in [4.78, 5) is 23.9. The van der Waals surface area contributed by atoms with Crippen LogP contribution in [0.15, 0.2) is 29.2 Å². The van der Waals surface area contributed by atoms with Crippen molar-refractivity contribution in [3.8, 4) is 0 Å². The molecule has 2 N–H and O–H groups in total. The van der Waals surface area contributed by atoms with Crippen molar-refractivity contribution in [1.82, 2.24) is 14.9 Å². The third kappa shape index (κ3) is 6.13. The molecule has 0 saturated heterocycles. The summed E-state index contributed by atoms with van der Waals surface area (Å²) in [5, 5.41) is 5.26. The van der Waals surface area contributed by atoms with E-state index < -0.39 is 15.9 Å². The van der Waals surface area contributed by atoms with Gasteiger partial charge in [0, 0.05) is 24.2 Å². The van der Waals surface area contributed by atoms with E-state index in [1.807, 2.05) is 20.8 Å². The van der Waals surface area contributed by atoms with Gasteiger partial charge in [-0.2, -0.15) is 4.31 Å².